The van der Waals surface area contributed by atoms with E-state index in [0.717, 1.165) is 33.7 Å². The van der Waals surface area contributed by atoms with Crippen LogP contribution in [0.25, 0.3) is 73.1 Å². The van der Waals surface area contributed by atoms with Gasteiger partial charge >= 0.3 is 288 Å². The molecular formula is C43H26N2OSSe. The van der Waals surface area contributed by atoms with Crippen LogP contribution in [0.5, 0.6) is 0 Å². The Hall–Kier alpha value is -5.45. The van der Waals surface area contributed by atoms with E-state index in [-0.39, 0.29) is 14.5 Å². The number of benzene rings is 7. The van der Waals surface area contributed by atoms with E-state index in [9.17, 15) is 0 Å². The monoisotopic (exact) mass is 698 g/mol. The molecule has 0 aliphatic heterocycles. The van der Waals surface area contributed by atoms with Crippen molar-refractivity contribution in [3.05, 3.63) is 158 Å². The van der Waals surface area contributed by atoms with E-state index in [2.05, 4.69) is 138 Å². The molecule has 3 nitrogen and oxygen atoms in total. The van der Waals surface area contributed by atoms with Crippen LogP contribution in [0.1, 0.15) is 0 Å². The molecule has 0 fully saturated rings. The number of rotatable bonds is 5. The zero-order valence-electron chi connectivity index (χ0n) is 25.6. The van der Waals surface area contributed by atoms with Gasteiger partial charge in [0.15, 0.2) is 0 Å². The maximum absolute atomic E-state index is 6.26. The van der Waals surface area contributed by atoms with Crippen molar-refractivity contribution in [3.63, 3.8) is 0 Å². The van der Waals surface area contributed by atoms with Crippen molar-refractivity contribution in [1.82, 2.24) is 4.98 Å². The summed E-state index contributed by atoms with van der Waals surface area (Å²) >= 11 is 2.01. The molecule has 10 aromatic rings. The number of hydrogen-bond acceptors (Lipinski definition) is 4. The average molecular weight is 698 g/mol. The van der Waals surface area contributed by atoms with Gasteiger partial charge in [0.2, 0.25) is 0 Å². The number of nitrogens with zero attached hydrogens (tertiary/aromatic N) is 2. The summed E-state index contributed by atoms with van der Waals surface area (Å²) in [4.78, 5) is 7.26. The summed E-state index contributed by atoms with van der Waals surface area (Å²) in [5, 5.41) is 5.13. The SMILES string of the molecule is c1ccc(-c2ccc(N(c3ccc4c(c3)sc3ccccc34)c3ccc4c(c3)[se]c3cccc(-c5nc6ccccc6o5)c34)cc2)cc1. The number of oxazole rings is 1. The van der Waals surface area contributed by atoms with E-state index < -0.39 is 0 Å². The summed E-state index contributed by atoms with van der Waals surface area (Å²) < 4.78 is 11.6. The van der Waals surface area contributed by atoms with Crippen LogP contribution in [0.3, 0.4) is 0 Å². The minimum absolute atomic E-state index is 0.154. The molecule has 0 unspecified atom stereocenters. The van der Waals surface area contributed by atoms with Crippen molar-refractivity contribution >= 4 is 93.5 Å². The fraction of sp³-hybridized carbons (Fsp3) is 0. The molecule has 0 amide bonds. The van der Waals surface area contributed by atoms with Crippen LogP contribution in [0.15, 0.2) is 162 Å². The van der Waals surface area contributed by atoms with Crippen molar-refractivity contribution in [2.45, 2.75) is 0 Å². The third kappa shape index (κ3) is 4.51. The molecule has 7 aromatic carbocycles. The first-order valence-corrected chi connectivity index (χ1v) is 18.5. The van der Waals surface area contributed by atoms with Crippen LogP contribution in [0.2, 0.25) is 0 Å². The molecule has 3 heterocycles. The van der Waals surface area contributed by atoms with Gasteiger partial charge in [0, 0.05) is 0 Å². The average Bonchev–Trinajstić information content (AvgIpc) is 3.85. The van der Waals surface area contributed by atoms with E-state index in [1.54, 1.807) is 0 Å². The van der Waals surface area contributed by atoms with Gasteiger partial charge in [-0.2, -0.15) is 0 Å². The quantitative estimate of drug-likeness (QED) is 0.168. The van der Waals surface area contributed by atoms with Crippen molar-refractivity contribution < 1.29 is 4.42 Å². The van der Waals surface area contributed by atoms with Gasteiger partial charge in [-0.3, -0.25) is 0 Å². The zero-order valence-corrected chi connectivity index (χ0v) is 28.2. The van der Waals surface area contributed by atoms with E-state index in [1.807, 2.05) is 35.6 Å². The second-order valence-electron chi connectivity index (χ2n) is 12.0. The molecule has 0 N–H and O–H groups in total. The first kappa shape index (κ1) is 27.6. The number of thiophene rings is 1. The van der Waals surface area contributed by atoms with Gasteiger partial charge < -0.3 is 0 Å². The third-order valence-corrected chi connectivity index (χ3v) is 12.6. The summed E-state index contributed by atoms with van der Waals surface area (Å²) in [7, 11) is 0. The molecule has 0 aliphatic carbocycles. The van der Waals surface area contributed by atoms with E-state index in [0.29, 0.717) is 5.89 Å². The third-order valence-electron chi connectivity index (χ3n) is 9.12. The van der Waals surface area contributed by atoms with Crippen LogP contribution in [-0.2, 0) is 0 Å². The zero-order chi connectivity index (χ0) is 31.6. The standard InChI is InChI=1S/C43H26N2OSSe/c1-2-9-27(10-3-1)28-17-19-29(20-18-28)45(30-21-23-33-32-11-4-7-15-38(32)47-39(33)25-30)31-22-24-34-41(26-31)48-40-16-8-12-35(42(34)40)43-44-36-13-5-6-14-37(36)46-43/h1-26H. The summed E-state index contributed by atoms with van der Waals surface area (Å²) in [6.45, 7) is 0. The number of anilines is 3. The molecule has 0 atom stereocenters. The minimum atomic E-state index is 0.154. The molecular weight excluding hydrogens is 672 g/mol. The number of aromatic nitrogens is 1. The fourth-order valence-corrected chi connectivity index (χ4v) is 10.4. The van der Waals surface area contributed by atoms with Crippen molar-refractivity contribution in [2.24, 2.45) is 0 Å². The molecule has 0 saturated carbocycles. The Morgan fingerprint density at radius 1 is 0.521 bits per heavy atom. The molecule has 0 aliphatic rings. The van der Waals surface area contributed by atoms with Crippen molar-refractivity contribution in [2.75, 3.05) is 4.90 Å². The van der Waals surface area contributed by atoms with Gasteiger partial charge in [0.1, 0.15) is 0 Å². The fourth-order valence-electron chi connectivity index (χ4n) is 6.85. The van der Waals surface area contributed by atoms with Crippen molar-refractivity contribution in [3.8, 4) is 22.6 Å². The molecule has 226 valence electrons. The Bertz CT molecular complexity index is 2760. The molecule has 3 aromatic heterocycles. The molecule has 0 spiro atoms. The first-order chi connectivity index (χ1) is 23.8. The normalized spacial score (nSPS) is 11.8. The van der Waals surface area contributed by atoms with Crippen molar-refractivity contribution in [1.29, 1.82) is 0 Å². The Balaban J connectivity index is 1.14. The van der Waals surface area contributed by atoms with Gasteiger partial charge in [-0.15, -0.1) is 0 Å². The van der Waals surface area contributed by atoms with Gasteiger partial charge in [-0.05, 0) is 0 Å². The molecule has 5 heteroatoms. The number of para-hydroxylation sites is 2. The van der Waals surface area contributed by atoms with Gasteiger partial charge in [0.25, 0.3) is 0 Å². The number of fused-ring (bicyclic) bond motifs is 7. The Morgan fingerprint density at radius 3 is 2.10 bits per heavy atom. The molecule has 48 heavy (non-hydrogen) atoms. The van der Waals surface area contributed by atoms with Crippen LogP contribution in [-0.4, -0.2) is 19.5 Å². The summed E-state index contributed by atoms with van der Waals surface area (Å²) in [6.07, 6.45) is 0. The van der Waals surface area contributed by atoms with Gasteiger partial charge in [-0.25, -0.2) is 0 Å². The second-order valence-corrected chi connectivity index (χ2v) is 15.3. The second kappa shape index (κ2) is 11.1. The summed E-state index contributed by atoms with van der Waals surface area (Å²) in [6, 6.07) is 56.6. The van der Waals surface area contributed by atoms with Crippen LogP contribution in [0, 0.1) is 0 Å². The van der Waals surface area contributed by atoms with E-state index in [1.165, 1.54) is 50.6 Å². The van der Waals surface area contributed by atoms with Gasteiger partial charge in [-0.1, -0.05) is 0 Å². The summed E-state index contributed by atoms with van der Waals surface area (Å²) in [5.41, 5.74) is 8.61. The maximum atomic E-state index is 6.26. The molecule has 0 radical (unpaired) electrons. The topological polar surface area (TPSA) is 29.3 Å². The summed E-state index contributed by atoms with van der Waals surface area (Å²) in [5.74, 6) is 0.678. The predicted octanol–water partition coefficient (Wildman–Crippen LogP) is 12.4. The Labute approximate surface area is 286 Å². The van der Waals surface area contributed by atoms with E-state index in [4.69, 9.17) is 9.40 Å². The number of hydrogen-bond donors (Lipinski definition) is 0. The first-order valence-electron chi connectivity index (χ1n) is 15.9. The predicted molar refractivity (Wildman–Crippen MR) is 204 cm³/mol. The Morgan fingerprint density at radius 2 is 1.23 bits per heavy atom. The van der Waals surface area contributed by atoms with Gasteiger partial charge in [0.05, 0.1) is 0 Å². The van der Waals surface area contributed by atoms with Crippen LogP contribution < -0.4 is 4.90 Å². The molecule has 0 saturated heterocycles. The van der Waals surface area contributed by atoms with Crippen LogP contribution >= 0.6 is 11.3 Å². The molecule has 10 rings (SSSR count). The Kier molecular flexibility index (Phi) is 6.38. The van der Waals surface area contributed by atoms with Crippen LogP contribution in [0.4, 0.5) is 17.1 Å². The van der Waals surface area contributed by atoms with E-state index >= 15 is 0 Å². The molecule has 0 bridgehead atoms.